The molecule has 0 saturated carbocycles. The Morgan fingerprint density at radius 3 is 2.81 bits per heavy atom. The quantitative estimate of drug-likeness (QED) is 0.730. The number of imidazole rings is 1. The van der Waals surface area contributed by atoms with E-state index in [2.05, 4.69) is 10.3 Å². The van der Waals surface area contributed by atoms with Crippen molar-refractivity contribution in [1.29, 1.82) is 0 Å². The fourth-order valence-corrected chi connectivity index (χ4v) is 5.29. The number of anilines is 1. The summed E-state index contributed by atoms with van der Waals surface area (Å²) in [6, 6.07) is 4.43. The Balaban J connectivity index is 1.55. The number of hydrogen-bond donors (Lipinski definition) is 1. The minimum absolute atomic E-state index is 0.104. The highest BCUT2D eigenvalue weighted by atomic mass is 28.3. The first-order chi connectivity index (χ1) is 14.7. The third kappa shape index (κ3) is 4.31. The van der Waals surface area contributed by atoms with Gasteiger partial charge in [-0.1, -0.05) is 18.2 Å². The van der Waals surface area contributed by atoms with Gasteiger partial charge in [-0.25, -0.2) is 4.98 Å². The molecule has 0 fully saturated rings. The number of alkyl halides is 3. The van der Waals surface area contributed by atoms with Crippen LogP contribution in [0, 0.1) is 0 Å². The van der Waals surface area contributed by atoms with Gasteiger partial charge < -0.3 is 23.6 Å². The maximum absolute atomic E-state index is 13.4. The lowest BCUT2D eigenvalue weighted by Gasteiger charge is -2.29. The minimum Gasteiger partial charge on any atom is -0.491 e. The van der Waals surface area contributed by atoms with E-state index >= 15 is 0 Å². The van der Waals surface area contributed by atoms with Crippen molar-refractivity contribution in [3.05, 3.63) is 60.2 Å². The minimum atomic E-state index is -4.40. The van der Waals surface area contributed by atoms with Crippen LogP contribution < -0.4 is 15.2 Å². The van der Waals surface area contributed by atoms with Crippen molar-refractivity contribution in [2.75, 3.05) is 18.5 Å². The third-order valence-electron chi connectivity index (χ3n) is 5.15. The number of fused-ring (bicyclic) bond motifs is 1. The number of nitrogens with one attached hydrogen (secondary N) is 1. The average molecular weight is 448 g/mol. The predicted octanol–water partition coefficient (Wildman–Crippen LogP) is 2.31. The van der Waals surface area contributed by atoms with E-state index in [1.807, 2.05) is 0 Å². The highest BCUT2D eigenvalue weighted by molar-refractivity contribution is 6.58. The highest BCUT2D eigenvalue weighted by Crippen LogP contribution is 2.30. The number of aryl methyl sites for hydroxylation is 1. The van der Waals surface area contributed by atoms with Crippen molar-refractivity contribution in [3.8, 4) is 5.75 Å². The van der Waals surface area contributed by atoms with Crippen molar-refractivity contribution >= 4 is 25.6 Å². The maximum atomic E-state index is 13.4. The molecule has 1 aliphatic carbocycles. The van der Waals surface area contributed by atoms with E-state index in [1.165, 1.54) is 12.3 Å². The smallest absolute Gasteiger partial charge is 0.435 e. The van der Waals surface area contributed by atoms with Crippen LogP contribution in [0.4, 0.5) is 18.9 Å². The van der Waals surface area contributed by atoms with Crippen LogP contribution in [-0.2, 0) is 11.5 Å². The molecule has 2 aliphatic rings. The third-order valence-corrected chi connectivity index (χ3v) is 7.08. The van der Waals surface area contributed by atoms with E-state index in [1.54, 1.807) is 40.6 Å². The lowest BCUT2D eigenvalue weighted by Crippen LogP contribution is -2.47. The van der Waals surface area contributed by atoms with Crippen LogP contribution >= 0.6 is 0 Å². The zero-order valence-corrected chi connectivity index (χ0v) is 17.5. The van der Waals surface area contributed by atoms with Crippen LogP contribution in [-0.4, -0.2) is 54.2 Å². The number of carbonyl (C=O) groups is 1. The molecular formula is C20H19F3N4O3Si. The van der Waals surface area contributed by atoms with Crippen LogP contribution in [0.15, 0.2) is 54.4 Å². The van der Waals surface area contributed by atoms with E-state index < -0.39 is 32.5 Å². The standard InChI is InChI=1S/C20H19F3N4O3Si/c1-26-9-8-24-18(26)19(28)25-14-4-7-16-17(12-14)31(29)27(10-11-30-16)15-5-2-13(3-6-15)20(21,22)23/h2-5,7-9,12,15H,6,10-11H2,1H3,(H,25,28). The van der Waals surface area contributed by atoms with Gasteiger partial charge in [0.2, 0.25) is 0 Å². The summed E-state index contributed by atoms with van der Waals surface area (Å²) in [4.78, 5) is 16.4. The molecule has 0 bridgehead atoms. The van der Waals surface area contributed by atoms with Crippen molar-refractivity contribution in [1.82, 2.24) is 14.1 Å². The zero-order chi connectivity index (χ0) is 22.2. The van der Waals surface area contributed by atoms with Crippen LogP contribution in [0.2, 0.25) is 0 Å². The summed E-state index contributed by atoms with van der Waals surface area (Å²) in [5, 5.41) is 3.14. The summed E-state index contributed by atoms with van der Waals surface area (Å²) >= 11 is 0. The van der Waals surface area contributed by atoms with Crippen LogP contribution in [0.3, 0.4) is 0 Å². The molecule has 2 heterocycles. The molecule has 4 rings (SSSR count). The number of amides is 1. The molecule has 0 saturated heterocycles. The number of aromatic nitrogens is 2. The molecule has 1 aliphatic heterocycles. The Hall–Kier alpha value is -3.21. The molecule has 1 aromatic heterocycles. The van der Waals surface area contributed by atoms with Gasteiger partial charge in [-0.05, 0) is 24.6 Å². The van der Waals surface area contributed by atoms with Crippen LogP contribution in [0.25, 0.3) is 0 Å². The Labute approximate surface area is 177 Å². The Bertz CT molecular complexity index is 1090. The lowest BCUT2D eigenvalue weighted by atomic mass is 10.0. The highest BCUT2D eigenvalue weighted by Gasteiger charge is 2.36. The molecule has 1 N–H and O–H groups in total. The molecule has 1 unspecified atom stereocenters. The largest absolute Gasteiger partial charge is 0.491 e. The van der Waals surface area contributed by atoms with Crippen molar-refractivity contribution < 1.29 is 27.2 Å². The maximum Gasteiger partial charge on any atom is 0.435 e. The molecular weight excluding hydrogens is 429 g/mol. The number of benzene rings is 1. The fraction of sp³-hybridized carbons (Fsp3) is 0.300. The molecule has 7 nitrogen and oxygen atoms in total. The number of allylic oxidation sites excluding steroid dienone is 2. The summed E-state index contributed by atoms with van der Waals surface area (Å²) in [5.74, 6) is 0.242. The lowest BCUT2D eigenvalue weighted by molar-refractivity contribution is -0.0887. The molecule has 1 aromatic carbocycles. The molecule has 1 amide bonds. The fourth-order valence-electron chi connectivity index (χ4n) is 3.55. The first-order valence-corrected chi connectivity index (χ1v) is 10.9. The predicted molar refractivity (Wildman–Crippen MR) is 108 cm³/mol. The van der Waals surface area contributed by atoms with Gasteiger partial charge in [-0.2, -0.15) is 13.2 Å². The van der Waals surface area contributed by atoms with Gasteiger partial charge in [0, 0.05) is 37.7 Å². The van der Waals surface area contributed by atoms with Gasteiger partial charge >= 0.3 is 15.0 Å². The number of halogens is 3. The summed E-state index contributed by atoms with van der Waals surface area (Å²) < 4.78 is 60.9. The van der Waals surface area contributed by atoms with Gasteiger partial charge in [0.05, 0.1) is 10.8 Å². The van der Waals surface area contributed by atoms with Crippen molar-refractivity contribution in [2.45, 2.75) is 18.6 Å². The average Bonchev–Trinajstić information content (AvgIpc) is 3.10. The Morgan fingerprint density at radius 1 is 1.35 bits per heavy atom. The van der Waals surface area contributed by atoms with E-state index in [9.17, 15) is 22.4 Å². The Kier molecular flexibility index (Phi) is 5.52. The van der Waals surface area contributed by atoms with Crippen molar-refractivity contribution in [3.63, 3.8) is 0 Å². The van der Waals surface area contributed by atoms with Gasteiger partial charge in [-0.15, -0.1) is 0 Å². The molecule has 31 heavy (non-hydrogen) atoms. The number of nitrogens with zero attached hydrogens (tertiary/aromatic N) is 3. The first-order valence-electron chi connectivity index (χ1n) is 9.56. The van der Waals surface area contributed by atoms with Gasteiger partial charge in [0.25, 0.3) is 5.91 Å². The second-order valence-corrected chi connectivity index (χ2v) is 8.92. The van der Waals surface area contributed by atoms with E-state index in [4.69, 9.17) is 4.74 Å². The monoisotopic (exact) mass is 448 g/mol. The first kappa shape index (κ1) is 21.0. The number of carbonyl (C=O) groups excluding carboxylic acids is 1. The van der Waals surface area contributed by atoms with E-state index in [0.717, 1.165) is 12.2 Å². The van der Waals surface area contributed by atoms with Gasteiger partial charge in [0.15, 0.2) is 5.82 Å². The molecule has 162 valence electrons. The van der Waals surface area contributed by atoms with E-state index in [0.29, 0.717) is 23.2 Å². The SMILES string of the molecule is Cn1ccnc1C(=O)Nc1ccc2c(c1)[Si](=O)N(C1C=CC(C(F)(F)F)=CC1)CCO2. The molecule has 1 atom stereocenters. The normalized spacial score (nSPS) is 18.7. The summed E-state index contributed by atoms with van der Waals surface area (Å²) in [6.45, 7) is 0.564. The topological polar surface area (TPSA) is 76.5 Å². The number of hydrogen-bond acceptors (Lipinski definition) is 4. The molecule has 0 radical (unpaired) electrons. The summed E-state index contributed by atoms with van der Waals surface area (Å²) in [5.41, 5.74) is -0.275. The summed E-state index contributed by atoms with van der Waals surface area (Å²) in [7, 11) is -0.875. The molecule has 2 aromatic rings. The van der Waals surface area contributed by atoms with Crippen molar-refractivity contribution in [2.24, 2.45) is 7.05 Å². The van der Waals surface area contributed by atoms with Gasteiger partial charge in [-0.3, -0.25) is 4.79 Å². The van der Waals surface area contributed by atoms with Gasteiger partial charge in [0.1, 0.15) is 12.4 Å². The second-order valence-electron chi connectivity index (χ2n) is 7.19. The molecule has 11 heteroatoms. The summed E-state index contributed by atoms with van der Waals surface area (Å²) in [6.07, 6.45) is 2.44. The Morgan fingerprint density at radius 2 is 2.16 bits per heavy atom. The van der Waals surface area contributed by atoms with Crippen LogP contribution in [0.1, 0.15) is 17.0 Å². The van der Waals surface area contributed by atoms with Crippen LogP contribution in [0.5, 0.6) is 5.75 Å². The number of ether oxygens (including phenoxy) is 1. The molecule has 0 spiro atoms. The number of rotatable bonds is 3. The second kappa shape index (κ2) is 8.14. The zero-order valence-electron chi connectivity index (χ0n) is 16.5. The van der Waals surface area contributed by atoms with E-state index in [-0.39, 0.29) is 18.9 Å².